The monoisotopic (exact) mass is 437 g/mol. The third kappa shape index (κ3) is 3.87. The van der Waals surface area contributed by atoms with Gasteiger partial charge in [0.25, 0.3) is 5.91 Å². The summed E-state index contributed by atoms with van der Waals surface area (Å²) in [6, 6.07) is 24.6. The largest absolute Gasteiger partial charge is 0.381 e. The number of hydrogen-bond donors (Lipinski definition) is 2. The topological polar surface area (TPSA) is 92.7 Å². The molecule has 0 saturated carbocycles. The summed E-state index contributed by atoms with van der Waals surface area (Å²) in [6.07, 6.45) is -0.0190. The van der Waals surface area contributed by atoms with Crippen molar-refractivity contribution in [3.05, 3.63) is 78.9 Å². The Balaban J connectivity index is 1.62. The summed E-state index contributed by atoms with van der Waals surface area (Å²) < 4.78 is 30.2. The minimum absolute atomic E-state index is 0.00950. The average Bonchev–Trinajstić information content (AvgIpc) is 2.84. The molecule has 1 aliphatic heterocycles. The minimum Gasteiger partial charge on any atom is -0.381 e. The first kappa shape index (κ1) is 21.2. The van der Waals surface area contributed by atoms with E-state index in [-0.39, 0.29) is 31.0 Å². The van der Waals surface area contributed by atoms with Crippen LogP contribution in [0.25, 0.3) is 22.3 Å². The van der Waals surface area contributed by atoms with Crippen LogP contribution in [0.2, 0.25) is 0 Å². The molecule has 31 heavy (non-hydrogen) atoms. The van der Waals surface area contributed by atoms with Gasteiger partial charge in [0, 0.05) is 13.2 Å². The molecule has 4 rings (SSSR count). The summed E-state index contributed by atoms with van der Waals surface area (Å²) in [6.45, 7) is 0.275. The van der Waals surface area contributed by atoms with E-state index in [1.165, 1.54) is 17.6 Å². The summed E-state index contributed by atoms with van der Waals surface area (Å²) >= 11 is 0. The molecular formula is C24H23NO5S. The highest BCUT2D eigenvalue weighted by atomic mass is 32.2. The maximum atomic E-state index is 13.3. The van der Waals surface area contributed by atoms with Gasteiger partial charge in [-0.05, 0) is 47.2 Å². The summed E-state index contributed by atoms with van der Waals surface area (Å²) in [4.78, 5) is 12.4. The van der Waals surface area contributed by atoms with Gasteiger partial charge in [0.05, 0.1) is 4.90 Å². The molecule has 3 aromatic carbocycles. The molecule has 0 aromatic heterocycles. The van der Waals surface area contributed by atoms with E-state index < -0.39 is 20.5 Å². The van der Waals surface area contributed by atoms with Gasteiger partial charge in [-0.25, -0.2) is 13.9 Å². The van der Waals surface area contributed by atoms with E-state index in [9.17, 15) is 13.2 Å². The average molecular weight is 438 g/mol. The fourth-order valence-electron chi connectivity index (χ4n) is 3.96. The molecule has 0 radical (unpaired) electrons. The number of hydrogen-bond acceptors (Lipinski definition) is 5. The van der Waals surface area contributed by atoms with Gasteiger partial charge in [0.15, 0.2) is 14.6 Å². The van der Waals surface area contributed by atoms with Gasteiger partial charge < -0.3 is 4.74 Å². The number of ether oxygens (including phenoxy) is 1. The van der Waals surface area contributed by atoms with Crippen molar-refractivity contribution in [2.45, 2.75) is 22.5 Å². The van der Waals surface area contributed by atoms with Gasteiger partial charge >= 0.3 is 0 Å². The van der Waals surface area contributed by atoms with Gasteiger partial charge in [-0.2, -0.15) is 0 Å². The highest BCUT2D eigenvalue weighted by Gasteiger charge is 2.52. The van der Waals surface area contributed by atoms with Crippen LogP contribution in [-0.2, 0) is 19.4 Å². The summed E-state index contributed by atoms with van der Waals surface area (Å²) in [5, 5.41) is 9.16. The number of benzene rings is 3. The molecule has 0 atom stereocenters. The molecule has 1 saturated heterocycles. The van der Waals surface area contributed by atoms with Crippen LogP contribution in [-0.4, -0.2) is 37.5 Å². The van der Waals surface area contributed by atoms with Crippen LogP contribution in [0.4, 0.5) is 0 Å². The van der Waals surface area contributed by atoms with Crippen LogP contribution in [0.1, 0.15) is 12.8 Å². The SMILES string of the molecule is O=C(NO)C1(S(=O)(=O)c2ccc(-c3ccc(-c4ccccc4)cc3)cc2)CCOCC1. The third-order valence-corrected chi connectivity index (χ3v) is 8.34. The van der Waals surface area contributed by atoms with E-state index in [4.69, 9.17) is 9.94 Å². The Hall–Kier alpha value is -3.00. The lowest BCUT2D eigenvalue weighted by Gasteiger charge is -2.34. The maximum absolute atomic E-state index is 13.3. The first-order valence-corrected chi connectivity index (χ1v) is 11.5. The van der Waals surface area contributed by atoms with E-state index in [1.54, 1.807) is 12.1 Å². The van der Waals surface area contributed by atoms with Crippen molar-refractivity contribution in [1.82, 2.24) is 5.48 Å². The molecule has 6 nitrogen and oxygen atoms in total. The molecule has 0 bridgehead atoms. The number of sulfone groups is 1. The van der Waals surface area contributed by atoms with Gasteiger partial charge in [-0.3, -0.25) is 10.0 Å². The molecule has 1 aliphatic rings. The molecule has 3 aromatic rings. The molecule has 0 aliphatic carbocycles. The summed E-state index contributed by atoms with van der Waals surface area (Å²) in [5.41, 5.74) is 5.58. The first-order chi connectivity index (χ1) is 15.0. The molecule has 2 N–H and O–H groups in total. The van der Waals surface area contributed by atoms with Crippen molar-refractivity contribution >= 4 is 15.7 Å². The Labute approximate surface area is 181 Å². The van der Waals surface area contributed by atoms with Crippen molar-refractivity contribution in [3.8, 4) is 22.3 Å². The molecule has 0 unspecified atom stereocenters. The lowest BCUT2D eigenvalue weighted by Crippen LogP contribution is -2.54. The molecular weight excluding hydrogens is 414 g/mol. The normalized spacial score (nSPS) is 15.9. The van der Waals surface area contributed by atoms with Crippen molar-refractivity contribution in [2.24, 2.45) is 0 Å². The first-order valence-electron chi connectivity index (χ1n) is 10.0. The minimum atomic E-state index is -4.03. The molecule has 1 amide bonds. The number of rotatable bonds is 5. The lowest BCUT2D eigenvalue weighted by molar-refractivity contribution is -0.134. The van der Waals surface area contributed by atoms with Crippen LogP contribution in [0, 0.1) is 0 Å². The lowest BCUT2D eigenvalue weighted by atomic mass is 9.98. The van der Waals surface area contributed by atoms with Crippen molar-refractivity contribution < 1.29 is 23.2 Å². The highest BCUT2D eigenvalue weighted by molar-refractivity contribution is 7.93. The van der Waals surface area contributed by atoms with Crippen molar-refractivity contribution in [1.29, 1.82) is 0 Å². The molecule has 1 heterocycles. The van der Waals surface area contributed by atoms with Gasteiger partial charge in [-0.1, -0.05) is 66.7 Å². The zero-order chi connectivity index (χ0) is 21.9. The molecule has 1 fully saturated rings. The number of nitrogens with one attached hydrogen (secondary N) is 1. The summed E-state index contributed by atoms with van der Waals surface area (Å²) in [5.74, 6) is -0.920. The zero-order valence-corrected chi connectivity index (χ0v) is 17.6. The zero-order valence-electron chi connectivity index (χ0n) is 16.8. The second-order valence-electron chi connectivity index (χ2n) is 7.52. The van der Waals surface area contributed by atoms with Crippen LogP contribution in [0.15, 0.2) is 83.8 Å². The highest BCUT2D eigenvalue weighted by Crippen LogP contribution is 2.36. The Morgan fingerprint density at radius 1 is 0.774 bits per heavy atom. The number of amides is 1. The van der Waals surface area contributed by atoms with E-state index >= 15 is 0 Å². The molecule has 7 heteroatoms. The Kier molecular flexibility index (Phi) is 5.91. The third-order valence-electron chi connectivity index (χ3n) is 5.82. The van der Waals surface area contributed by atoms with Gasteiger partial charge in [-0.15, -0.1) is 0 Å². The maximum Gasteiger partial charge on any atom is 0.265 e. The second kappa shape index (κ2) is 8.63. The fraction of sp³-hybridized carbons (Fsp3) is 0.208. The van der Waals surface area contributed by atoms with Crippen molar-refractivity contribution in [3.63, 3.8) is 0 Å². The Morgan fingerprint density at radius 2 is 1.23 bits per heavy atom. The quantitative estimate of drug-likeness (QED) is 0.467. The van der Waals surface area contributed by atoms with Crippen LogP contribution < -0.4 is 5.48 Å². The molecule has 160 valence electrons. The molecule has 0 spiro atoms. The van der Waals surface area contributed by atoms with E-state index in [1.807, 2.05) is 54.6 Å². The van der Waals surface area contributed by atoms with E-state index in [0.29, 0.717) is 0 Å². The smallest absolute Gasteiger partial charge is 0.265 e. The second-order valence-corrected chi connectivity index (χ2v) is 9.78. The number of hydroxylamine groups is 1. The van der Waals surface area contributed by atoms with Crippen molar-refractivity contribution in [2.75, 3.05) is 13.2 Å². The number of carbonyl (C=O) groups is 1. The van der Waals surface area contributed by atoms with E-state index in [0.717, 1.165) is 22.3 Å². The Bertz CT molecular complexity index is 1150. The predicted molar refractivity (Wildman–Crippen MR) is 117 cm³/mol. The standard InChI is InChI=1S/C24H23NO5S/c26-23(25-27)24(14-16-30-17-15-24)31(28,29)22-12-10-21(11-13-22)20-8-6-19(7-9-20)18-4-2-1-3-5-18/h1-13,27H,14-17H2,(H,25,26). The fourth-order valence-corrected chi connectivity index (χ4v) is 5.90. The van der Waals surface area contributed by atoms with Crippen LogP contribution >= 0.6 is 0 Å². The summed E-state index contributed by atoms with van der Waals surface area (Å²) in [7, 11) is -4.03. The predicted octanol–water partition coefficient (Wildman–Crippen LogP) is 3.85. The van der Waals surface area contributed by atoms with Crippen LogP contribution in [0.3, 0.4) is 0 Å². The van der Waals surface area contributed by atoms with E-state index in [2.05, 4.69) is 0 Å². The van der Waals surface area contributed by atoms with Crippen LogP contribution in [0.5, 0.6) is 0 Å². The van der Waals surface area contributed by atoms with Gasteiger partial charge in [0.2, 0.25) is 0 Å². The van der Waals surface area contributed by atoms with Gasteiger partial charge in [0.1, 0.15) is 0 Å². The number of carbonyl (C=O) groups excluding carboxylic acids is 1. The Morgan fingerprint density at radius 3 is 1.71 bits per heavy atom.